The average Bonchev–Trinajstić information content (AvgIpc) is 2.48. The molecule has 0 amide bonds. The van der Waals surface area contributed by atoms with Gasteiger partial charge in [0, 0.05) is 36.6 Å². The molecule has 1 rings (SSSR count). The summed E-state index contributed by atoms with van der Waals surface area (Å²) in [6.45, 7) is 9.14. The monoisotopic (exact) mass is 228 g/mol. The molecular weight excluding hydrogens is 208 g/mol. The van der Waals surface area contributed by atoms with Crippen LogP contribution in [0, 0.1) is 0 Å². The zero-order valence-electron chi connectivity index (χ0n) is 10.1. The first-order valence-electron chi connectivity index (χ1n) is 5.11. The normalized spacial score (nSPS) is 14.0. The molecule has 0 aliphatic rings. The molecule has 0 saturated heterocycles. The third-order valence-corrected chi connectivity index (χ3v) is 2.81. The Hall–Kier alpha value is -0.680. The molecular formula is C10H20N4S. The summed E-state index contributed by atoms with van der Waals surface area (Å²) in [5.41, 5.74) is 5.76. The largest absolute Gasteiger partial charge is 0.348 e. The Labute approximate surface area is 95.7 Å². The molecule has 1 atom stereocenters. The summed E-state index contributed by atoms with van der Waals surface area (Å²) in [5, 5.41) is 0.942. The van der Waals surface area contributed by atoms with E-state index in [0.29, 0.717) is 0 Å². The van der Waals surface area contributed by atoms with Crippen molar-refractivity contribution in [1.82, 2.24) is 9.36 Å². The van der Waals surface area contributed by atoms with Gasteiger partial charge in [-0.1, -0.05) is 20.8 Å². The average molecular weight is 228 g/mol. The Kier molecular flexibility index (Phi) is 3.67. The van der Waals surface area contributed by atoms with E-state index in [-0.39, 0.29) is 11.5 Å². The summed E-state index contributed by atoms with van der Waals surface area (Å²) in [5.74, 6) is 0.902. The molecule has 0 aromatic carbocycles. The number of likely N-dealkylation sites (N-methyl/N-ethyl adjacent to an activating group) is 1. The lowest BCUT2D eigenvalue weighted by Crippen LogP contribution is -2.32. The van der Waals surface area contributed by atoms with Crippen LogP contribution in [0.25, 0.3) is 0 Å². The summed E-state index contributed by atoms with van der Waals surface area (Å²) in [6, 6.07) is 0.150. The number of anilines is 1. The van der Waals surface area contributed by atoms with E-state index in [4.69, 9.17) is 5.73 Å². The topological polar surface area (TPSA) is 55.0 Å². The standard InChI is InChI=1S/C10H20N4S/c1-7(11)6-14(5)9-12-8(13-15-9)10(2,3)4/h7H,6,11H2,1-5H3. The lowest BCUT2D eigenvalue weighted by molar-refractivity contribution is 0.554. The molecule has 0 fully saturated rings. The smallest absolute Gasteiger partial charge is 0.205 e. The van der Waals surface area contributed by atoms with E-state index in [2.05, 4.69) is 35.0 Å². The van der Waals surface area contributed by atoms with Crippen LogP contribution >= 0.6 is 11.5 Å². The molecule has 0 aliphatic heterocycles. The van der Waals surface area contributed by atoms with Gasteiger partial charge in [-0.25, -0.2) is 4.98 Å². The van der Waals surface area contributed by atoms with Gasteiger partial charge in [-0.15, -0.1) is 0 Å². The number of hydrogen-bond donors (Lipinski definition) is 1. The number of aromatic nitrogens is 2. The summed E-state index contributed by atoms with van der Waals surface area (Å²) < 4.78 is 4.36. The van der Waals surface area contributed by atoms with Crippen molar-refractivity contribution < 1.29 is 0 Å². The van der Waals surface area contributed by atoms with E-state index in [1.54, 1.807) is 0 Å². The van der Waals surface area contributed by atoms with Crippen LogP contribution in [0.5, 0.6) is 0 Å². The van der Waals surface area contributed by atoms with Crippen molar-refractivity contribution in [3.8, 4) is 0 Å². The second kappa shape index (κ2) is 4.45. The highest BCUT2D eigenvalue weighted by Gasteiger charge is 2.20. The molecule has 2 N–H and O–H groups in total. The first-order valence-corrected chi connectivity index (χ1v) is 5.89. The molecule has 0 aliphatic carbocycles. The summed E-state index contributed by atoms with van der Waals surface area (Å²) >= 11 is 1.44. The predicted octanol–water partition coefficient (Wildman–Crippen LogP) is 1.62. The van der Waals surface area contributed by atoms with Gasteiger partial charge >= 0.3 is 0 Å². The van der Waals surface area contributed by atoms with Gasteiger partial charge in [0.25, 0.3) is 0 Å². The molecule has 0 bridgehead atoms. The summed E-state index contributed by atoms with van der Waals surface area (Å²) in [7, 11) is 2.00. The first kappa shape index (κ1) is 12.4. The van der Waals surface area contributed by atoms with Gasteiger partial charge in [-0.2, -0.15) is 4.37 Å². The fraction of sp³-hybridized carbons (Fsp3) is 0.800. The van der Waals surface area contributed by atoms with E-state index in [9.17, 15) is 0 Å². The van der Waals surface area contributed by atoms with Crippen LogP contribution in [0.2, 0.25) is 0 Å². The SMILES string of the molecule is CC(N)CN(C)c1nc(C(C)(C)C)ns1. The van der Waals surface area contributed by atoms with Crippen molar-refractivity contribution in [3.05, 3.63) is 5.82 Å². The Morgan fingerprint density at radius 3 is 2.47 bits per heavy atom. The number of nitrogens with two attached hydrogens (primary N) is 1. The van der Waals surface area contributed by atoms with Crippen LogP contribution in [-0.2, 0) is 5.41 Å². The van der Waals surface area contributed by atoms with Gasteiger partial charge < -0.3 is 10.6 Å². The van der Waals surface area contributed by atoms with Crippen molar-refractivity contribution in [3.63, 3.8) is 0 Å². The third kappa shape index (κ3) is 3.43. The number of rotatable bonds is 3. The Morgan fingerprint density at radius 2 is 2.07 bits per heavy atom. The van der Waals surface area contributed by atoms with E-state index in [1.165, 1.54) is 11.5 Å². The van der Waals surface area contributed by atoms with E-state index >= 15 is 0 Å². The van der Waals surface area contributed by atoms with Crippen LogP contribution < -0.4 is 10.6 Å². The minimum absolute atomic E-state index is 0.0178. The summed E-state index contributed by atoms with van der Waals surface area (Å²) in [4.78, 5) is 6.57. The van der Waals surface area contributed by atoms with Gasteiger partial charge in [0.1, 0.15) is 5.82 Å². The molecule has 1 unspecified atom stereocenters. The maximum absolute atomic E-state index is 5.74. The molecule has 1 aromatic heterocycles. The van der Waals surface area contributed by atoms with Crippen LogP contribution in [-0.4, -0.2) is 29.0 Å². The van der Waals surface area contributed by atoms with Crippen molar-refractivity contribution >= 4 is 16.7 Å². The van der Waals surface area contributed by atoms with Crippen molar-refractivity contribution in [2.24, 2.45) is 5.73 Å². The lowest BCUT2D eigenvalue weighted by atomic mass is 9.96. The van der Waals surface area contributed by atoms with E-state index in [1.807, 2.05) is 14.0 Å². The summed E-state index contributed by atoms with van der Waals surface area (Å²) in [6.07, 6.45) is 0. The zero-order chi connectivity index (χ0) is 11.6. The lowest BCUT2D eigenvalue weighted by Gasteiger charge is -2.17. The molecule has 0 saturated carbocycles. The maximum Gasteiger partial charge on any atom is 0.205 e. The van der Waals surface area contributed by atoms with Crippen LogP contribution in [0.4, 0.5) is 5.13 Å². The first-order chi connectivity index (χ1) is 6.80. The fourth-order valence-electron chi connectivity index (χ4n) is 1.19. The zero-order valence-corrected chi connectivity index (χ0v) is 10.9. The third-order valence-electron chi connectivity index (χ3n) is 1.97. The van der Waals surface area contributed by atoms with Crippen LogP contribution in [0.3, 0.4) is 0 Å². The van der Waals surface area contributed by atoms with Gasteiger partial charge in [0.05, 0.1) is 0 Å². The number of nitrogens with zero attached hydrogens (tertiary/aromatic N) is 3. The highest BCUT2D eigenvalue weighted by molar-refractivity contribution is 7.09. The molecule has 1 aromatic rings. The second-order valence-corrected chi connectivity index (χ2v) is 5.74. The van der Waals surface area contributed by atoms with Crippen molar-refractivity contribution in [1.29, 1.82) is 0 Å². The molecule has 4 nitrogen and oxygen atoms in total. The minimum atomic E-state index is 0.0178. The molecule has 1 heterocycles. The van der Waals surface area contributed by atoms with Gasteiger partial charge in [0.2, 0.25) is 5.13 Å². The molecule has 86 valence electrons. The van der Waals surface area contributed by atoms with Gasteiger partial charge in [-0.3, -0.25) is 0 Å². The van der Waals surface area contributed by atoms with E-state index < -0.39 is 0 Å². The quantitative estimate of drug-likeness (QED) is 0.854. The molecule has 5 heteroatoms. The Bertz CT molecular complexity index is 313. The van der Waals surface area contributed by atoms with Gasteiger partial charge in [0.15, 0.2) is 0 Å². The molecule has 0 radical (unpaired) electrons. The van der Waals surface area contributed by atoms with Gasteiger partial charge in [-0.05, 0) is 6.92 Å². The molecule has 0 spiro atoms. The highest BCUT2D eigenvalue weighted by Crippen LogP contribution is 2.24. The second-order valence-electron chi connectivity index (χ2n) is 5.01. The van der Waals surface area contributed by atoms with Crippen molar-refractivity contribution in [2.45, 2.75) is 39.2 Å². The minimum Gasteiger partial charge on any atom is -0.348 e. The van der Waals surface area contributed by atoms with Crippen LogP contribution in [0.15, 0.2) is 0 Å². The van der Waals surface area contributed by atoms with E-state index in [0.717, 1.165) is 17.5 Å². The maximum atomic E-state index is 5.74. The van der Waals surface area contributed by atoms with Crippen LogP contribution in [0.1, 0.15) is 33.5 Å². The van der Waals surface area contributed by atoms with Crippen molar-refractivity contribution in [2.75, 3.05) is 18.5 Å². The predicted molar refractivity (Wildman–Crippen MR) is 65.5 cm³/mol. The molecule has 15 heavy (non-hydrogen) atoms. The highest BCUT2D eigenvalue weighted by atomic mass is 32.1. The number of hydrogen-bond acceptors (Lipinski definition) is 5. The Morgan fingerprint density at radius 1 is 1.47 bits per heavy atom. The fourth-order valence-corrected chi connectivity index (χ4v) is 2.01. The Balaban J connectivity index is 2.76.